The van der Waals surface area contributed by atoms with Crippen LogP contribution >= 0.6 is 11.6 Å². The van der Waals surface area contributed by atoms with Crippen molar-refractivity contribution in [1.82, 2.24) is 0 Å². The molecule has 0 saturated heterocycles. The summed E-state index contributed by atoms with van der Waals surface area (Å²) in [5.41, 5.74) is 0.556. The molecular formula is C13H18ClNO4. The molecule has 5 nitrogen and oxygen atoms in total. The van der Waals surface area contributed by atoms with Gasteiger partial charge in [-0.3, -0.25) is 10.1 Å². The predicted molar refractivity (Wildman–Crippen MR) is 74.4 cm³/mol. The van der Waals surface area contributed by atoms with Crippen LogP contribution in [0.2, 0.25) is 0 Å². The second kappa shape index (κ2) is 6.61. The highest BCUT2D eigenvalue weighted by Gasteiger charge is 2.22. The molecular weight excluding hydrogens is 270 g/mol. The average Bonchev–Trinajstić information content (AvgIpc) is 2.37. The number of halogens is 1. The van der Waals surface area contributed by atoms with Gasteiger partial charge in [-0.1, -0.05) is 13.8 Å². The maximum absolute atomic E-state index is 11.1. The molecule has 1 aromatic carbocycles. The Bertz CT molecular complexity index is 462. The summed E-state index contributed by atoms with van der Waals surface area (Å²) >= 11 is 6.20. The Balaban J connectivity index is 3.23. The van der Waals surface area contributed by atoms with Crippen molar-refractivity contribution in [2.24, 2.45) is 5.92 Å². The molecule has 0 bridgehead atoms. The first kappa shape index (κ1) is 15.6. The van der Waals surface area contributed by atoms with E-state index >= 15 is 0 Å². The Morgan fingerprint density at radius 2 is 1.79 bits per heavy atom. The molecule has 0 spiro atoms. The zero-order chi connectivity index (χ0) is 14.6. The van der Waals surface area contributed by atoms with E-state index in [4.69, 9.17) is 21.1 Å². The van der Waals surface area contributed by atoms with Gasteiger partial charge in [-0.05, 0) is 18.4 Å². The summed E-state index contributed by atoms with van der Waals surface area (Å²) in [5, 5.41) is 10.9. The van der Waals surface area contributed by atoms with E-state index in [1.165, 1.54) is 20.3 Å². The lowest BCUT2D eigenvalue weighted by Crippen LogP contribution is -2.12. The molecule has 106 valence electrons. The zero-order valence-electron chi connectivity index (χ0n) is 11.5. The van der Waals surface area contributed by atoms with Crippen LogP contribution in [-0.2, 0) is 6.42 Å². The number of benzene rings is 1. The SMILES string of the molecule is COc1cc(CC(Cl)C(C)C)c([N+](=O)[O-])cc1OC. The number of methoxy groups -OCH3 is 2. The predicted octanol–water partition coefficient (Wildman–Crippen LogP) is 3.42. The van der Waals surface area contributed by atoms with Gasteiger partial charge in [0.2, 0.25) is 0 Å². The maximum Gasteiger partial charge on any atom is 0.276 e. The molecule has 1 rings (SSSR count). The number of alkyl halides is 1. The Kier molecular flexibility index (Phi) is 5.42. The molecule has 1 unspecified atom stereocenters. The second-order valence-electron chi connectivity index (χ2n) is 4.56. The van der Waals surface area contributed by atoms with Crippen LogP contribution in [0.3, 0.4) is 0 Å². The van der Waals surface area contributed by atoms with Crippen LogP contribution in [0.4, 0.5) is 5.69 Å². The van der Waals surface area contributed by atoms with E-state index in [9.17, 15) is 10.1 Å². The zero-order valence-corrected chi connectivity index (χ0v) is 12.2. The number of nitrogens with zero attached hydrogens (tertiary/aromatic N) is 1. The van der Waals surface area contributed by atoms with Crippen LogP contribution in [0.1, 0.15) is 19.4 Å². The quantitative estimate of drug-likeness (QED) is 0.457. The van der Waals surface area contributed by atoms with Crippen LogP contribution < -0.4 is 9.47 Å². The highest BCUT2D eigenvalue weighted by Crippen LogP contribution is 2.35. The molecule has 1 atom stereocenters. The first-order valence-corrected chi connectivity index (χ1v) is 6.37. The summed E-state index contributed by atoms with van der Waals surface area (Å²) in [5.74, 6) is 1.04. The Morgan fingerprint density at radius 1 is 1.26 bits per heavy atom. The highest BCUT2D eigenvalue weighted by molar-refractivity contribution is 6.20. The lowest BCUT2D eigenvalue weighted by molar-refractivity contribution is -0.385. The monoisotopic (exact) mass is 287 g/mol. The molecule has 0 aromatic heterocycles. The normalized spacial score (nSPS) is 12.3. The van der Waals surface area contributed by atoms with E-state index in [1.54, 1.807) is 6.07 Å². The summed E-state index contributed by atoms with van der Waals surface area (Å²) < 4.78 is 10.2. The third-order valence-electron chi connectivity index (χ3n) is 2.92. The summed E-state index contributed by atoms with van der Waals surface area (Å²) in [6.45, 7) is 3.95. The number of hydrogen-bond donors (Lipinski definition) is 0. The molecule has 19 heavy (non-hydrogen) atoms. The minimum absolute atomic E-state index is 0.00366. The summed E-state index contributed by atoms with van der Waals surface area (Å²) in [7, 11) is 2.94. The minimum Gasteiger partial charge on any atom is -0.493 e. The van der Waals surface area contributed by atoms with E-state index in [0.29, 0.717) is 23.5 Å². The number of hydrogen-bond acceptors (Lipinski definition) is 4. The summed E-state index contributed by atoms with van der Waals surface area (Å²) in [4.78, 5) is 10.7. The van der Waals surface area contributed by atoms with Crippen LogP contribution in [0.5, 0.6) is 11.5 Å². The van der Waals surface area contributed by atoms with Crippen molar-refractivity contribution in [3.8, 4) is 11.5 Å². The van der Waals surface area contributed by atoms with Crippen molar-refractivity contribution in [3.63, 3.8) is 0 Å². The fraction of sp³-hybridized carbons (Fsp3) is 0.538. The molecule has 0 aliphatic carbocycles. The van der Waals surface area contributed by atoms with E-state index < -0.39 is 4.92 Å². The van der Waals surface area contributed by atoms with Gasteiger partial charge in [-0.15, -0.1) is 11.6 Å². The van der Waals surface area contributed by atoms with Crippen molar-refractivity contribution >= 4 is 17.3 Å². The van der Waals surface area contributed by atoms with Crippen molar-refractivity contribution in [2.45, 2.75) is 25.6 Å². The lowest BCUT2D eigenvalue weighted by atomic mass is 10.00. The van der Waals surface area contributed by atoms with Crippen molar-refractivity contribution in [3.05, 3.63) is 27.8 Å². The smallest absolute Gasteiger partial charge is 0.276 e. The second-order valence-corrected chi connectivity index (χ2v) is 5.12. The summed E-state index contributed by atoms with van der Waals surface area (Å²) in [6, 6.07) is 2.99. The Morgan fingerprint density at radius 3 is 2.21 bits per heavy atom. The molecule has 0 N–H and O–H groups in total. The first-order chi connectivity index (χ1) is 8.90. The van der Waals surface area contributed by atoms with Crippen LogP contribution in [-0.4, -0.2) is 24.5 Å². The fourth-order valence-corrected chi connectivity index (χ4v) is 1.86. The van der Waals surface area contributed by atoms with Gasteiger partial charge in [0.1, 0.15) is 0 Å². The lowest BCUT2D eigenvalue weighted by Gasteiger charge is -2.15. The largest absolute Gasteiger partial charge is 0.493 e. The molecule has 0 radical (unpaired) electrons. The number of nitro benzene ring substituents is 1. The van der Waals surface area contributed by atoms with Crippen LogP contribution in [0.15, 0.2) is 12.1 Å². The van der Waals surface area contributed by atoms with Gasteiger partial charge in [0.05, 0.1) is 25.2 Å². The molecule has 0 saturated carbocycles. The van der Waals surface area contributed by atoms with Gasteiger partial charge in [-0.2, -0.15) is 0 Å². The first-order valence-electron chi connectivity index (χ1n) is 5.94. The van der Waals surface area contributed by atoms with Gasteiger partial charge in [0, 0.05) is 10.9 Å². The van der Waals surface area contributed by atoms with Crippen molar-refractivity contribution < 1.29 is 14.4 Å². The molecule has 0 amide bonds. The van der Waals surface area contributed by atoms with Gasteiger partial charge < -0.3 is 9.47 Å². The topological polar surface area (TPSA) is 61.6 Å². The summed E-state index contributed by atoms with van der Waals surface area (Å²) in [6.07, 6.45) is 0.413. The molecule has 0 aliphatic heterocycles. The van der Waals surface area contributed by atoms with E-state index in [0.717, 1.165) is 0 Å². The third kappa shape index (κ3) is 3.73. The standard InChI is InChI=1S/C13H18ClNO4/c1-8(2)10(14)5-9-6-12(18-3)13(19-4)7-11(9)15(16)17/h6-8,10H,5H2,1-4H3. The maximum atomic E-state index is 11.1. The van der Waals surface area contributed by atoms with Gasteiger partial charge >= 0.3 is 0 Å². The average molecular weight is 288 g/mol. The number of rotatable bonds is 6. The van der Waals surface area contributed by atoms with Crippen LogP contribution in [0, 0.1) is 16.0 Å². The van der Waals surface area contributed by atoms with Gasteiger partial charge in [-0.25, -0.2) is 0 Å². The molecule has 1 aromatic rings. The molecule has 6 heteroatoms. The Hall–Kier alpha value is -1.49. The van der Waals surface area contributed by atoms with Crippen molar-refractivity contribution in [1.29, 1.82) is 0 Å². The highest BCUT2D eigenvalue weighted by atomic mass is 35.5. The Labute approximate surface area is 117 Å². The fourth-order valence-electron chi connectivity index (χ4n) is 1.69. The minimum atomic E-state index is -0.429. The van der Waals surface area contributed by atoms with Gasteiger partial charge in [0.15, 0.2) is 11.5 Å². The molecule has 0 fully saturated rings. The van der Waals surface area contributed by atoms with E-state index in [-0.39, 0.29) is 17.0 Å². The van der Waals surface area contributed by atoms with E-state index in [2.05, 4.69) is 0 Å². The van der Waals surface area contributed by atoms with Crippen LogP contribution in [0.25, 0.3) is 0 Å². The molecule has 0 aliphatic rings. The van der Waals surface area contributed by atoms with Crippen molar-refractivity contribution in [2.75, 3.05) is 14.2 Å². The number of ether oxygens (including phenoxy) is 2. The third-order valence-corrected chi connectivity index (χ3v) is 3.58. The molecule has 0 heterocycles. The van der Waals surface area contributed by atoms with Gasteiger partial charge in [0.25, 0.3) is 5.69 Å². The van der Waals surface area contributed by atoms with E-state index in [1.807, 2.05) is 13.8 Å². The number of nitro groups is 1.